The highest BCUT2D eigenvalue weighted by Gasteiger charge is 2.14. The fraction of sp³-hybridized carbons (Fsp3) is 0.714. The fourth-order valence-electron chi connectivity index (χ4n) is 0.740. The van der Waals surface area contributed by atoms with Crippen LogP contribution in [0.2, 0.25) is 0 Å². The number of hydrogen-bond acceptors (Lipinski definition) is 5. The van der Waals surface area contributed by atoms with Gasteiger partial charge in [0.25, 0.3) is 0 Å². The summed E-state index contributed by atoms with van der Waals surface area (Å²) in [5.41, 5.74) is 0. The minimum Gasteiger partial charge on any atom is -0.479 e. The largest absolute Gasteiger partial charge is 0.479 e. The Kier molecular flexibility index (Phi) is 6.46. The first-order valence-electron chi connectivity index (χ1n) is 4.62. The number of carboxylic acids is 1. The summed E-state index contributed by atoms with van der Waals surface area (Å²) in [5, 5.41) is 21.4. The molecule has 0 aromatic rings. The van der Waals surface area contributed by atoms with E-state index in [1.165, 1.54) is 7.05 Å². The lowest BCUT2D eigenvalue weighted by atomic mass is 10.4. The highest BCUT2D eigenvalue weighted by Crippen LogP contribution is 1.81. The summed E-state index contributed by atoms with van der Waals surface area (Å²) in [4.78, 5) is 21.2. The van der Waals surface area contributed by atoms with Crippen molar-refractivity contribution in [2.45, 2.75) is 6.10 Å². The number of aliphatic carboxylic acids is 1. The zero-order valence-electron chi connectivity index (χ0n) is 9.13. The predicted molar refractivity (Wildman–Crippen MR) is 57.9 cm³/mol. The molecule has 17 heavy (non-hydrogen) atoms. The zero-order valence-corrected chi connectivity index (χ0v) is 9.95. The Bertz CT molecular complexity index is 368. The second kappa shape index (κ2) is 7.04. The van der Waals surface area contributed by atoms with Crippen LogP contribution in [0.15, 0.2) is 0 Å². The van der Waals surface area contributed by atoms with E-state index in [9.17, 15) is 18.0 Å². The maximum absolute atomic E-state index is 11.0. The SMILES string of the molecule is CNS(=O)(=O)CCNC(=O)NC[C@H](O)C(=O)O. The van der Waals surface area contributed by atoms with Gasteiger partial charge in [0.15, 0.2) is 6.10 Å². The standard InChI is InChI=1S/C7H15N3O6S/c1-8-17(15,16)3-2-9-7(14)10-4-5(11)6(12)13/h5,8,11H,2-4H2,1H3,(H,12,13)(H2,9,10,14)/t5-/m0/s1. The molecule has 10 heteroatoms. The van der Waals surface area contributed by atoms with E-state index in [1.54, 1.807) is 0 Å². The molecule has 0 saturated carbocycles. The molecule has 0 radical (unpaired) electrons. The van der Waals surface area contributed by atoms with E-state index < -0.39 is 34.7 Å². The van der Waals surface area contributed by atoms with Crippen LogP contribution in [0.4, 0.5) is 4.79 Å². The molecule has 100 valence electrons. The van der Waals surface area contributed by atoms with Gasteiger partial charge in [0.1, 0.15) is 0 Å². The first-order chi connectivity index (χ1) is 7.78. The molecule has 0 bridgehead atoms. The van der Waals surface area contributed by atoms with Gasteiger partial charge in [-0.05, 0) is 7.05 Å². The Hall–Kier alpha value is -1.39. The summed E-state index contributed by atoms with van der Waals surface area (Å²) in [5.74, 6) is -1.75. The smallest absolute Gasteiger partial charge is 0.334 e. The van der Waals surface area contributed by atoms with Gasteiger partial charge in [-0.1, -0.05) is 0 Å². The molecule has 1 atom stereocenters. The molecule has 0 aliphatic rings. The second-order valence-electron chi connectivity index (χ2n) is 3.01. The average Bonchev–Trinajstić information content (AvgIpc) is 2.25. The molecule has 9 nitrogen and oxygen atoms in total. The first kappa shape index (κ1) is 15.6. The van der Waals surface area contributed by atoms with Crippen molar-refractivity contribution in [3.05, 3.63) is 0 Å². The van der Waals surface area contributed by atoms with E-state index in [1.807, 2.05) is 0 Å². The van der Waals surface area contributed by atoms with Gasteiger partial charge in [0, 0.05) is 6.54 Å². The number of carbonyl (C=O) groups excluding carboxylic acids is 1. The quantitative estimate of drug-likeness (QED) is 0.339. The van der Waals surface area contributed by atoms with Crippen molar-refractivity contribution in [3.63, 3.8) is 0 Å². The Morgan fingerprint density at radius 2 is 1.88 bits per heavy atom. The summed E-state index contributed by atoms with van der Waals surface area (Å²) >= 11 is 0. The number of rotatable bonds is 7. The fourth-order valence-corrected chi connectivity index (χ4v) is 1.32. The molecule has 0 aliphatic heterocycles. The van der Waals surface area contributed by atoms with Gasteiger partial charge < -0.3 is 20.8 Å². The van der Waals surface area contributed by atoms with Crippen molar-refractivity contribution in [2.75, 3.05) is 25.9 Å². The summed E-state index contributed by atoms with van der Waals surface area (Å²) in [6.45, 7) is -0.585. The van der Waals surface area contributed by atoms with Crippen LogP contribution < -0.4 is 15.4 Å². The number of carbonyl (C=O) groups is 2. The first-order valence-corrected chi connectivity index (χ1v) is 6.27. The number of urea groups is 1. The summed E-state index contributed by atoms with van der Waals surface area (Å²) < 4.78 is 23.9. The normalized spacial score (nSPS) is 12.8. The van der Waals surface area contributed by atoms with Crippen molar-refractivity contribution in [1.29, 1.82) is 0 Å². The van der Waals surface area contributed by atoms with Crippen LogP contribution in [0, 0.1) is 0 Å². The van der Waals surface area contributed by atoms with Gasteiger partial charge in [0.05, 0.1) is 12.3 Å². The number of sulfonamides is 1. The molecule has 0 rings (SSSR count). The van der Waals surface area contributed by atoms with E-state index in [0.29, 0.717) is 0 Å². The summed E-state index contributed by atoms with van der Waals surface area (Å²) in [6.07, 6.45) is -1.69. The topological polar surface area (TPSA) is 145 Å². The molecule has 0 aliphatic carbocycles. The van der Waals surface area contributed by atoms with Crippen molar-refractivity contribution < 1.29 is 28.2 Å². The van der Waals surface area contributed by atoms with E-state index in [4.69, 9.17) is 10.2 Å². The summed E-state index contributed by atoms with van der Waals surface area (Å²) in [6, 6.07) is -0.753. The van der Waals surface area contributed by atoms with Crippen LogP contribution in [0.5, 0.6) is 0 Å². The molecule has 0 unspecified atom stereocenters. The van der Waals surface area contributed by atoms with Gasteiger partial charge >= 0.3 is 12.0 Å². The maximum atomic E-state index is 11.0. The third-order valence-electron chi connectivity index (χ3n) is 1.71. The zero-order chi connectivity index (χ0) is 13.5. The van der Waals surface area contributed by atoms with Crippen molar-refractivity contribution in [1.82, 2.24) is 15.4 Å². The molecule has 5 N–H and O–H groups in total. The molecular formula is C7H15N3O6S. The lowest BCUT2D eigenvalue weighted by molar-refractivity contribution is -0.146. The molecule has 0 heterocycles. The van der Waals surface area contributed by atoms with Crippen molar-refractivity contribution in [3.8, 4) is 0 Å². The van der Waals surface area contributed by atoms with Crippen LogP contribution in [0.1, 0.15) is 0 Å². The number of hydrogen-bond donors (Lipinski definition) is 5. The number of nitrogens with one attached hydrogen (secondary N) is 3. The van der Waals surface area contributed by atoms with Crippen molar-refractivity contribution >= 4 is 22.0 Å². The molecule has 0 spiro atoms. The van der Waals surface area contributed by atoms with Crippen LogP contribution >= 0.6 is 0 Å². The Morgan fingerprint density at radius 3 is 2.35 bits per heavy atom. The molecular weight excluding hydrogens is 254 g/mol. The third kappa shape index (κ3) is 7.49. The van der Waals surface area contributed by atoms with Crippen LogP contribution in [0.25, 0.3) is 0 Å². The maximum Gasteiger partial charge on any atom is 0.334 e. The van der Waals surface area contributed by atoms with Gasteiger partial charge in [-0.2, -0.15) is 0 Å². The molecule has 0 aromatic carbocycles. The van der Waals surface area contributed by atoms with Gasteiger partial charge in [-0.25, -0.2) is 22.7 Å². The number of amides is 2. The molecule has 0 fully saturated rings. The summed E-state index contributed by atoms with van der Waals surface area (Å²) in [7, 11) is -2.15. The lowest BCUT2D eigenvalue weighted by Gasteiger charge is -2.09. The number of aliphatic hydroxyl groups is 1. The average molecular weight is 269 g/mol. The Labute approximate surface area is 98.3 Å². The second-order valence-corrected chi connectivity index (χ2v) is 5.06. The number of carboxylic acid groups (broad SMARTS) is 1. The van der Waals surface area contributed by atoms with Crippen LogP contribution in [0.3, 0.4) is 0 Å². The minimum atomic E-state index is -3.40. The molecule has 2 amide bonds. The van der Waals surface area contributed by atoms with Crippen molar-refractivity contribution in [2.24, 2.45) is 0 Å². The van der Waals surface area contributed by atoms with E-state index in [2.05, 4.69) is 15.4 Å². The third-order valence-corrected chi connectivity index (χ3v) is 3.07. The van der Waals surface area contributed by atoms with Crippen LogP contribution in [-0.2, 0) is 14.8 Å². The Balaban J connectivity index is 3.78. The van der Waals surface area contributed by atoms with Gasteiger partial charge in [-0.15, -0.1) is 0 Å². The van der Waals surface area contributed by atoms with E-state index >= 15 is 0 Å². The highest BCUT2D eigenvalue weighted by molar-refractivity contribution is 7.89. The van der Waals surface area contributed by atoms with Gasteiger partial charge in [-0.3, -0.25) is 0 Å². The predicted octanol–water partition coefficient (Wildman–Crippen LogP) is -2.72. The van der Waals surface area contributed by atoms with E-state index in [-0.39, 0.29) is 12.3 Å². The van der Waals surface area contributed by atoms with E-state index in [0.717, 1.165) is 0 Å². The minimum absolute atomic E-state index is 0.127. The Morgan fingerprint density at radius 1 is 1.29 bits per heavy atom. The van der Waals surface area contributed by atoms with Gasteiger partial charge in [0.2, 0.25) is 10.0 Å². The monoisotopic (exact) mass is 269 g/mol. The van der Waals surface area contributed by atoms with Crippen LogP contribution in [-0.4, -0.2) is 62.6 Å². The molecule has 0 saturated heterocycles. The highest BCUT2D eigenvalue weighted by atomic mass is 32.2. The lowest BCUT2D eigenvalue weighted by Crippen LogP contribution is -2.43. The molecule has 0 aromatic heterocycles. The number of aliphatic hydroxyl groups excluding tert-OH is 1.